The van der Waals surface area contributed by atoms with Gasteiger partial charge in [0, 0.05) is 4.90 Å². The highest BCUT2D eigenvalue weighted by molar-refractivity contribution is 7.98. The van der Waals surface area contributed by atoms with Crippen LogP contribution in [0.5, 0.6) is 0 Å². The molecule has 1 saturated heterocycles. The molecule has 0 amide bonds. The van der Waals surface area contributed by atoms with E-state index in [1.54, 1.807) is 11.8 Å². The highest BCUT2D eigenvalue weighted by Crippen LogP contribution is 2.37. The van der Waals surface area contributed by atoms with Gasteiger partial charge in [0.2, 0.25) is 0 Å². The van der Waals surface area contributed by atoms with Gasteiger partial charge in [-0.3, -0.25) is 0 Å². The van der Waals surface area contributed by atoms with Crippen LogP contribution in [0.15, 0.2) is 23.1 Å². The number of benzene rings is 1. The summed E-state index contributed by atoms with van der Waals surface area (Å²) in [5.74, 6) is 0. The van der Waals surface area contributed by atoms with Gasteiger partial charge in [-0.25, -0.2) is 0 Å². The summed E-state index contributed by atoms with van der Waals surface area (Å²) in [4.78, 5) is 1.24. The number of hydrogen-bond acceptors (Lipinski definition) is 3. The maximum absolute atomic E-state index is 10.7. The summed E-state index contributed by atoms with van der Waals surface area (Å²) < 4.78 is 0. The number of aryl methyl sites for hydroxylation is 1. The fraction of sp³-hybridized carbons (Fsp3) is 0.538. The molecule has 0 aromatic heterocycles. The second-order valence-corrected chi connectivity index (χ2v) is 5.25. The number of piperidine rings is 1. The zero-order chi connectivity index (χ0) is 11.6. The molecule has 1 aliphatic rings. The second-order valence-electron chi connectivity index (χ2n) is 4.44. The zero-order valence-corrected chi connectivity index (χ0v) is 10.7. The third-order valence-electron chi connectivity index (χ3n) is 3.35. The molecule has 2 rings (SSSR count). The van der Waals surface area contributed by atoms with E-state index in [-0.39, 0.29) is 0 Å². The third-order valence-corrected chi connectivity index (χ3v) is 4.30. The monoisotopic (exact) mass is 237 g/mol. The first-order valence-corrected chi connectivity index (χ1v) is 6.97. The minimum Gasteiger partial charge on any atom is -0.385 e. The molecule has 0 spiro atoms. The molecule has 0 aliphatic carbocycles. The van der Waals surface area contributed by atoms with Gasteiger partial charge in [-0.15, -0.1) is 11.8 Å². The van der Waals surface area contributed by atoms with E-state index in [9.17, 15) is 5.11 Å². The lowest BCUT2D eigenvalue weighted by Gasteiger charge is -2.34. The van der Waals surface area contributed by atoms with E-state index < -0.39 is 5.60 Å². The van der Waals surface area contributed by atoms with Gasteiger partial charge in [0.1, 0.15) is 0 Å². The average molecular weight is 237 g/mol. The van der Waals surface area contributed by atoms with Crippen LogP contribution in [-0.2, 0) is 5.60 Å². The molecule has 88 valence electrons. The Bertz CT molecular complexity index is 372. The van der Waals surface area contributed by atoms with Crippen LogP contribution in [0.1, 0.15) is 24.0 Å². The minimum absolute atomic E-state index is 0.629. The van der Waals surface area contributed by atoms with Crippen molar-refractivity contribution in [1.29, 1.82) is 0 Å². The van der Waals surface area contributed by atoms with Gasteiger partial charge in [-0.1, -0.05) is 18.2 Å². The molecule has 16 heavy (non-hydrogen) atoms. The van der Waals surface area contributed by atoms with Gasteiger partial charge < -0.3 is 10.4 Å². The number of nitrogens with one attached hydrogen (secondary N) is 1. The Morgan fingerprint density at radius 1 is 1.31 bits per heavy atom. The second kappa shape index (κ2) is 4.78. The summed E-state index contributed by atoms with van der Waals surface area (Å²) in [6.07, 6.45) is 3.70. The lowest BCUT2D eigenvalue weighted by atomic mass is 9.84. The SMILES string of the molecule is CSc1c(C)cccc1C1(O)CCNCC1. The summed E-state index contributed by atoms with van der Waals surface area (Å²) in [5.41, 5.74) is 1.74. The normalized spacial score (nSPS) is 19.7. The van der Waals surface area contributed by atoms with Crippen molar-refractivity contribution in [3.63, 3.8) is 0 Å². The van der Waals surface area contributed by atoms with Gasteiger partial charge in [-0.2, -0.15) is 0 Å². The van der Waals surface area contributed by atoms with Crippen LogP contribution >= 0.6 is 11.8 Å². The summed E-state index contributed by atoms with van der Waals surface area (Å²) in [5, 5.41) is 14.0. The first kappa shape index (κ1) is 12.0. The molecule has 1 aliphatic heterocycles. The molecule has 2 nitrogen and oxygen atoms in total. The van der Waals surface area contributed by atoms with E-state index in [1.165, 1.54) is 10.5 Å². The van der Waals surface area contributed by atoms with Crippen LogP contribution in [0, 0.1) is 6.92 Å². The Hall–Kier alpha value is -0.510. The maximum Gasteiger partial charge on any atom is 0.0931 e. The number of hydrogen-bond donors (Lipinski definition) is 2. The molecule has 0 radical (unpaired) electrons. The predicted molar refractivity (Wildman–Crippen MR) is 69.0 cm³/mol. The van der Waals surface area contributed by atoms with Crippen molar-refractivity contribution < 1.29 is 5.11 Å². The van der Waals surface area contributed by atoms with E-state index in [1.807, 2.05) is 6.07 Å². The topological polar surface area (TPSA) is 32.3 Å². The van der Waals surface area contributed by atoms with Crippen LogP contribution in [0.4, 0.5) is 0 Å². The third kappa shape index (κ3) is 2.12. The lowest BCUT2D eigenvalue weighted by Crippen LogP contribution is -2.40. The Kier molecular flexibility index (Phi) is 3.57. The quantitative estimate of drug-likeness (QED) is 0.774. The van der Waals surface area contributed by atoms with Crippen LogP contribution in [-0.4, -0.2) is 24.5 Å². The summed E-state index contributed by atoms with van der Waals surface area (Å²) >= 11 is 1.73. The summed E-state index contributed by atoms with van der Waals surface area (Å²) in [7, 11) is 0. The van der Waals surface area contributed by atoms with Crippen molar-refractivity contribution in [2.75, 3.05) is 19.3 Å². The first-order chi connectivity index (χ1) is 7.67. The average Bonchev–Trinajstić information content (AvgIpc) is 2.29. The van der Waals surface area contributed by atoms with Crippen LogP contribution in [0.25, 0.3) is 0 Å². The van der Waals surface area contributed by atoms with Gasteiger partial charge in [0.25, 0.3) is 0 Å². The van der Waals surface area contributed by atoms with Crippen LogP contribution in [0.2, 0.25) is 0 Å². The van der Waals surface area contributed by atoms with E-state index in [2.05, 4.69) is 30.6 Å². The molecule has 3 heteroatoms. The van der Waals surface area contributed by atoms with E-state index in [0.29, 0.717) is 0 Å². The van der Waals surface area contributed by atoms with Crippen molar-refractivity contribution in [1.82, 2.24) is 5.32 Å². The molecular formula is C13H19NOS. The van der Waals surface area contributed by atoms with Gasteiger partial charge in [0.05, 0.1) is 5.60 Å². The highest BCUT2D eigenvalue weighted by Gasteiger charge is 2.33. The number of aliphatic hydroxyl groups is 1. The number of thioether (sulfide) groups is 1. The maximum atomic E-state index is 10.7. The van der Waals surface area contributed by atoms with Crippen LogP contribution in [0.3, 0.4) is 0 Å². The fourth-order valence-electron chi connectivity index (χ4n) is 2.40. The summed E-state index contributed by atoms with van der Waals surface area (Å²) in [6.45, 7) is 3.91. The molecule has 0 atom stereocenters. The van der Waals surface area contributed by atoms with E-state index in [4.69, 9.17) is 0 Å². The highest BCUT2D eigenvalue weighted by atomic mass is 32.2. The molecule has 0 bridgehead atoms. The molecular weight excluding hydrogens is 218 g/mol. The molecule has 2 N–H and O–H groups in total. The lowest BCUT2D eigenvalue weighted by molar-refractivity contribution is 0.00342. The number of rotatable bonds is 2. The smallest absolute Gasteiger partial charge is 0.0931 e. The van der Waals surface area contributed by atoms with E-state index >= 15 is 0 Å². The molecule has 0 saturated carbocycles. The Balaban J connectivity index is 2.41. The van der Waals surface area contributed by atoms with Gasteiger partial charge in [0.15, 0.2) is 0 Å². The van der Waals surface area contributed by atoms with Crippen molar-refractivity contribution >= 4 is 11.8 Å². The fourth-order valence-corrected chi connectivity index (χ4v) is 3.27. The van der Waals surface area contributed by atoms with Crippen molar-refractivity contribution in [3.8, 4) is 0 Å². The van der Waals surface area contributed by atoms with Crippen molar-refractivity contribution in [2.45, 2.75) is 30.3 Å². The van der Waals surface area contributed by atoms with Crippen LogP contribution < -0.4 is 5.32 Å². The summed E-state index contributed by atoms with van der Waals surface area (Å²) in [6, 6.07) is 6.23. The van der Waals surface area contributed by atoms with Gasteiger partial charge >= 0.3 is 0 Å². The Labute approximate surface area is 101 Å². The first-order valence-electron chi connectivity index (χ1n) is 5.74. The molecule has 1 fully saturated rings. The molecule has 1 heterocycles. The van der Waals surface area contributed by atoms with Gasteiger partial charge in [-0.05, 0) is 50.2 Å². The largest absolute Gasteiger partial charge is 0.385 e. The predicted octanol–water partition coefficient (Wildman–Crippen LogP) is 2.29. The van der Waals surface area contributed by atoms with Crippen molar-refractivity contribution in [3.05, 3.63) is 29.3 Å². The Morgan fingerprint density at radius 2 is 2.00 bits per heavy atom. The Morgan fingerprint density at radius 3 is 2.62 bits per heavy atom. The van der Waals surface area contributed by atoms with Crippen molar-refractivity contribution in [2.24, 2.45) is 0 Å². The minimum atomic E-state index is -0.629. The molecule has 1 aromatic carbocycles. The molecule has 1 aromatic rings. The molecule has 0 unspecified atom stereocenters. The standard InChI is InChI=1S/C13H19NOS/c1-10-4-3-5-11(12(10)16-2)13(15)6-8-14-9-7-13/h3-5,14-15H,6-9H2,1-2H3. The zero-order valence-electron chi connectivity index (χ0n) is 9.92. The van der Waals surface area contributed by atoms with E-state index in [0.717, 1.165) is 31.5 Å².